The first kappa shape index (κ1) is 16.1. The average molecular weight is 345 g/mol. The van der Waals surface area contributed by atoms with Crippen molar-refractivity contribution in [3.05, 3.63) is 89.4 Å². The molecule has 4 rings (SSSR count). The van der Waals surface area contributed by atoms with E-state index in [1.807, 2.05) is 53.7 Å². The van der Waals surface area contributed by atoms with Gasteiger partial charge in [-0.1, -0.05) is 30.3 Å². The van der Waals surface area contributed by atoms with E-state index in [2.05, 4.69) is 29.3 Å². The molecule has 0 spiro atoms. The molecular formula is C20H19N5O. The molecule has 0 unspecified atom stereocenters. The van der Waals surface area contributed by atoms with Crippen LogP contribution >= 0.6 is 0 Å². The van der Waals surface area contributed by atoms with E-state index in [0.717, 1.165) is 16.8 Å². The van der Waals surface area contributed by atoms with Gasteiger partial charge in [-0.05, 0) is 18.6 Å². The maximum absolute atomic E-state index is 12.1. The molecule has 4 aromatic rings. The minimum atomic E-state index is -0.0794. The fourth-order valence-electron chi connectivity index (χ4n) is 3.02. The fourth-order valence-corrected chi connectivity index (χ4v) is 3.02. The van der Waals surface area contributed by atoms with Gasteiger partial charge in [-0.25, -0.2) is 4.68 Å². The Bertz CT molecular complexity index is 1080. The Morgan fingerprint density at radius 3 is 2.58 bits per heavy atom. The van der Waals surface area contributed by atoms with Gasteiger partial charge >= 0.3 is 0 Å². The number of pyridine rings is 1. The van der Waals surface area contributed by atoms with E-state index in [1.165, 1.54) is 5.56 Å². The van der Waals surface area contributed by atoms with E-state index < -0.39 is 0 Å². The van der Waals surface area contributed by atoms with Gasteiger partial charge in [0.05, 0.1) is 17.9 Å². The van der Waals surface area contributed by atoms with E-state index in [4.69, 9.17) is 0 Å². The molecule has 0 saturated carbocycles. The second kappa shape index (κ2) is 6.48. The molecular weight excluding hydrogens is 326 g/mol. The molecule has 3 aromatic heterocycles. The normalized spacial score (nSPS) is 12.2. The molecule has 0 amide bonds. The Morgan fingerprint density at radius 2 is 1.85 bits per heavy atom. The molecule has 6 nitrogen and oxygen atoms in total. The molecule has 0 aliphatic rings. The summed E-state index contributed by atoms with van der Waals surface area (Å²) in [5.41, 5.74) is 3.69. The summed E-state index contributed by atoms with van der Waals surface area (Å²) in [4.78, 5) is 12.1. The zero-order chi connectivity index (χ0) is 18.1. The van der Waals surface area contributed by atoms with Crippen LogP contribution in [-0.4, -0.2) is 24.1 Å². The number of rotatable bonds is 4. The molecule has 130 valence electrons. The first-order valence-corrected chi connectivity index (χ1v) is 8.43. The lowest BCUT2D eigenvalue weighted by Crippen LogP contribution is -2.17. The number of hydrogen-bond donors (Lipinski definition) is 0. The summed E-state index contributed by atoms with van der Waals surface area (Å²) < 4.78 is 5.21. The van der Waals surface area contributed by atoms with Crippen molar-refractivity contribution >= 4 is 0 Å². The molecule has 6 heteroatoms. The standard InChI is InChI=1S/C20H19N5O/c1-15(16-7-4-3-5-8-16)25-13-17(12-22-25)18-14-23(2)20(26)11-19(18)24-10-6-9-21-24/h3-15H,1-2H3/t15-/m1/s1. The van der Waals surface area contributed by atoms with Gasteiger partial charge in [0.1, 0.15) is 0 Å². The molecule has 0 N–H and O–H groups in total. The lowest BCUT2D eigenvalue weighted by molar-refractivity contribution is 0.565. The number of benzene rings is 1. The Labute approximate surface area is 151 Å². The largest absolute Gasteiger partial charge is 0.318 e. The highest BCUT2D eigenvalue weighted by Gasteiger charge is 2.14. The first-order chi connectivity index (χ1) is 12.6. The summed E-state index contributed by atoms with van der Waals surface area (Å²) in [7, 11) is 1.75. The van der Waals surface area contributed by atoms with Gasteiger partial charge in [-0.2, -0.15) is 10.2 Å². The van der Waals surface area contributed by atoms with Crippen LogP contribution in [0.4, 0.5) is 0 Å². The van der Waals surface area contributed by atoms with Crippen molar-refractivity contribution in [1.82, 2.24) is 24.1 Å². The summed E-state index contributed by atoms with van der Waals surface area (Å²) >= 11 is 0. The predicted octanol–water partition coefficient (Wildman–Crippen LogP) is 3.04. The number of hydrogen-bond acceptors (Lipinski definition) is 3. The highest BCUT2D eigenvalue weighted by atomic mass is 16.1. The number of nitrogens with zero attached hydrogens (tertiary/aromatic N) is 5. The van der Waals surface area contributed by atoms with Crippen LogP contribution in [0.3, 0.4) is 0 Å². The third-order valence-electron chi connectivity index (χ3n) is 4.55. The molecule has 0 bridgehead atoms. The van der Waals surface area contributed by atoms with Gasteiger partial charge < -0.3 is 4.57 Å². The van der Waals surface area contributed by atoms with Crippen LogP contribution in [0, 0.1) is 0 Å². The SMILES string of the molecule is C[C@H](c1ccccc1)n1cc(-c2cn(C)c(=O)cc2-n2cccn2)cn1. The van der Waals surface area contributed by atoms with Crippen LogP contribution < -0.4 is 5.56 Å². The maximum atomic E-state index is 12.1. The Hall–Kier alpha value is -3.41. The molecule has 0 radical (unpaired) electrons. The van der Waals surface area contributed by atoms with Crippen LogP contribution in [0.15, 0.2) is 78.2 Å². The Balaban J connectivity index is 1.79. The molecule has 1 aromatic carbocycles. The van der Waals surface area contributed by atoms with E-state index in [1.54, 1.807) is 28.6 Å². The minimum Gasteiger partial charge on any atom is -0.318 e. The van der Waals surface area contributed by atoms with Gasteiger partial charge in [-0.15, -0.1) is 0 Å². The van der Waals surface area contributed by atoms with Gasteiger partial charge in [0, 0.05) is 49.0 Å². The summed E-state index contributed by atoms with van der Waals surface area (Å²) in [6.45, 7) is 2.11. The van der Waals surface area contributed by atoms with Gasteiger partial charge in [-0.3, -0.25) is 9.48 Å². The van der Waals surface area contributed by atoms with Crippen molar-refractivity contribution in [2.75, 3.05) is 0 Å². The van der Waals surface area contributed by atoms with Crippen LogP contribution in [0.2, 0.25) is 0 Å². The smallest absolute Gasteiger partial charge is 0.252 e. The quantitative estimate of drug-likeness (QED) is 0.571. The summed E-state index contributed by atoms with van der Waals surface area (Å²) in [6.07, 6.45) is 9.18. The molecule has 3 heterocycles. The summed E-state index contributed by atoms with van der Waals surface area (Å²) in [5, 5.41) is 8.82. The predicted molar refractivity (Wildman–Crippen MR) is 100 cm³/mol. The fraction of sp³-hybridized carbons (Fsp3) is 0.150. The van der Waals surface area contributed by atoms with E-state index >= 15 is 0 Å². The molecule has 1 atom stereocenters. The van der Waals surface area contributed by atoms with Crippen LogP contribution in [0.1, 0.15) is 18.5 Å². The second-order valence-electron chi connectivity index (χ2n) is 6.27. The molecule has 0 fully saturated rings. The highest BCUT2D eigenvalue weighted by Crippen LogP contribution is 2.26. The average Bonchev–Trinajstić information content (AvgIpc) is 3.35. The second-order valence-corrected chi connectivity index (χ2v) is 6.27. The molecule has 26 heavy (non-hydrogen) atoms. The zero-order valence-corrected chi connectivity index (χ0v) is 14.6. The van der Waals surface area contributed by atoms with E-state index in [-0.39, 0.29) is 11.6 Å². The maximum Gasteiger partial charge on any atom is 0.252 e. The molecule has 0 aliphatic heterocycles. The lowest BCUT2D eigenvalue weighted by atomic mass is 10.1. The Morgan fingerprint density at radius 1 is 1.04 bits per heavy atom. The monoisotopic (exact) mass is 345 g/mol. The topological polar surface area (TPSA) is 57.6 Å². The van der Waals surface area contributed by atoms with E-state index in [0.29, 0.717) is 0 Å². The van der Waals surface area contributed by atoms with Crippen molar-refractivity contribution in [3.63, 3.8) is 0 Å². The summed E-state index contributed by atoms with van der Waals surface area (Å²) in [6, 6.07) is 13.8. The third-order valence-corrected chi connectivity index (χ3v) is 4.55. The van der Waals surface area contributed by atoms with Crippen molar-refractivity contribution < 1.29 is 0 Å². The van der Waals surface area contributed by atoms with Gasteiger partial charge in [0.15, 0.2) is 0 Å². The number of aryl methyl sites for hydroxylation is 1. The van der Waals surface area contributed by atoms with Crippen molar-refractivity contribution in [2.24, 2.45) is 7.05 Å². The highest BCUT2D eigenvalue weighted by molar-refractivity contribution is 5.70. The lowest BCUT2D eigenvalue weighted by Gasteiger charge is -2.12. The summed E-state index contributed by atoms with van der Waals surface area (Å²) in [5.74, 6) is 0. The molecule has 0 saturated heterocycles. The zero-order valence-electron chi connectivity index (χ0n) is 14.6. The van der Waals surface area contributed by atoms with Crippen LogP contribution in [-0.2, 0) is 7.05 Å². The van der Waals surface area contributed by atoms with Crippen molar-refractivity contribution in [3.8, 4) is 16.8 Å². The van der Waals surface area contributed by atoms with Crippen molar-refractivity contribution in [2.45, 2.75) is 13.0 Å². The van der Waals surface area contributed by atoms with Gasteiger partial charge in [0.25, 0.3) is 5.56 Å². The Kier molecular flexibility index (Phi) is 4.01. The first-order valence-electron chi connectivity index (χ1n) is 8.43. The van der Waals surface area contributed by atoms with Crippen LogP contribution in [0.25, 0.3) is 16.8 Å². The van der Waals surface area contributed by atoms with Crippen molar-refractivity contribution in [1.29, 1.82) is 0 Å². The molecule has 0 aliphatic carbocycles. The number of aromatic nitrogens is 5. The minimum absolute atomic E-state index is 0.0794. The van der Waals surface area contributed by atoms with Crippen LogP contribution in [0.5, 0.6) is 0 Å². The third kappa shape index (κ3) is 2.86. The van der Waals surface area contributed by atoms with Gasteiger partial charge in [0.2, 0.25) is 0 Å². The van der Waals surface area contributed by atoms with E-state index in [9.17, 15) is 4.79 Å².